The van der Waals surface area contributed by atoms with Crippen molar-refractivity contribution in [3.8, 4) is 0 Å². The average molecular weight is 317 g/mol. The number of hydrogen-bond acceptors (Lipinski definition) is 3. The number of carboxylic acid groups (broad SMARTS) is 1. The highest BCUT2D eigenvalue weighted by molar-refractivity contribution is 7.88. The topological polar surface area (TPSA) is 74.7 Å². The fourth-order valence-electron chi connectivity index (χ4n) is 3.87. The Hall–Kier alpha value is -0.620. The Morgan fingerprint density at radius 2 is 1.90 bits per heavy atom. The van der Waals surface area contributed by atoms with Crippen molar-refractivity contribution in [1.82, 2.24) is 4.31 Å². The lowest BCUT2D eigenvalue weighted by Gasteiger charge is -2.40. The summed E-state index contributed by atoms with van der Waals surface area (Å²) in [4.78, 5) is 11.8. The molecule has 0 amide bonds. The monoisotopic (exact) mass is 317 g/mol. The molecular weight excluding hydrogens is 290 g/mol. The number of carbonyl (C=O) groups is 1. The number of rotatable bonds is 4. The molecule has 0 radical (unpaired) electrons. The van der Waals surface area contributed by atoms with Crippen molar-refractivity contribution in [3.63, 3.8) is 0 Å². The van der Waals surface area contributed by atoms with Gasteiger partial charge in [-0.05, 0) is 56.8 Å². The van der Waals surface area contributed by atoms with Crippen LogP contribution < -0.4 is 0 Å². The van der Waals surface area contributed by atoms with E-state index in [1.54, 1.807) is 0 Å². The first-order valence-corrected chi connectivity index (χ1v) is 9.76. The van der Waals surface area contributed by atoms with Gasteiger partial charge in [0.1, 0.15) is 0 Å². The zero-order valence-electron chi connectivity index (χ0n) is 13.0. The lowest BCUT2D eigenvalue weighted by molar-refractivity contribution is -0.153. The third-order valence-electron chi connectivity index (χ3n) is 5.32. The number of hydrogen-bond donors (Lipinski definition) is 1. The summed E-state index contributed by atoms with van der Waals surface area (Å²) in [6.07, 6.45) is 7.05. The van der Waals surface area contributed by atoms with Gasteiger partial charge in [0.25, 0.3) is 0 Å². The Kier molecular flexibility index (Phi) is 4.98. The van der Waals surface area contributed by atoms with Crippen molar-refractivity contribution in [2.75, 3.05) is 19.3 Å². The zero-order chi connectivity index (χ0) is 15.7. The molecule has 21 heavy (non-hydrogen) atoms. The molecule has 2 rings (SSSR count). The maximum absolute atomic E-state index is 11.8. The van der Waals surface area contributed by atoms with Crippen LogP contribution in [0.4, 0.5) is 0 Å². The summed E-state index contributed by atoms with van der Waals surface area (Å²) in [5, 5.41) is 9.70. The van der Waals surface area contributed by atoms with E-state index in [-0.39, 0.29) is 5.92 Å². The molecule has 1 atom stereocenters. The Labute approximate surface area is 127 Å². The van der Waals surface area contributed by atoms with Crippen LogP contribution in [0, 0.1) is 17.3 Å². The second-order valence-corrected chi connectivity index (χ2v) is 9.08. The number of carboxylic acids is 1. The summed E-state index contributed by atoms with van der Waals surface area (Å²) in [5.41, 5.74) is -0.627. The highest BCUT2D eigenvalue weighted by Crippen LogP contribution is 2.45. The molecular formula is C15H27NO4S. The van der Waals surface area contributed by atoms with Gasteiger partial charge in [0.05, 0.1) is 11.7 Å². The van der Waals surface area contributed by atoms with Gasteiger partial charge in [0, 0.05) is 13.1 Å². The molecule has 0 aromatic heterocycles. The van der Waals surface area contributed by atoms with Gasteiger partial charge < -0.3 is 5.11 Å². The van der Waals surface area contributed by atoms with Crippen LogP contribution in [0.15, 0.2) is 0 Å². The highest BCUT2D eigenvalue weighted by Gasteiger charge is 2.43. The lowest BCUT2D eigenvalue weighted by Crippen LogP contribution is -2.43. The molecule has 5 nitrogen and oxygen atoms in total. The molecule has 0 spiro atoms. The quantitative estimate of drug-likeness (QED) is 0.863. The van der Waals surface area contributed by atoms with E-state index >= 15 is 0 Å². The first-order valence-electron chi connectivity index (χ1n) is 7.91. The standard InChI is InChI=1S/C15H27NO4S/c1-12-5-7-15(8-6-12,14(17)18)10-13-4-3-9-16(11-13)21(2,19)20/h12-13H,3-11H2,1-2H3,(H,17,18). The Bertz CT molecular complexity index is 480. The van der Waals surface area contributed by atoms with Crippen molar-refractivity contribution < 1.29 is 18.3 Å². The zero-order valence-corrected chi connectivity index (χ0v) is 13.9. The first-order chi connectivity index (χ1) is 9.73. The van der Waals surface area contributed by atoms with Crippen molar-refractivity contribution in [2.45, 2.75) is 51.9 Å². The third-order valence-corrected chi connectivity index (χ3v) is 6.58. The number of aliphatic carboxylic acids is 1. The van der Waals surface area contributed by atoms with Crippen LogP contribution in [-0.2, 0) is 14.8 Å². The van der Waals surface area contributed by atoms with Gasteiger partial charge in [-0.1, -0.05) is 6.92 Å². The van der Waals surface area contributed by atoms with Crippen molar-refractivity contribution in [1.29, 1.82) is 0 Å². The molecule has 1 aliphatic carbocycles. The van der Waals surface area contributed by atoms with Crippen LogP contribution in [-0.4, -0.2) is 43.1 Å². The van der Waals surface area contributed by atoms with Gasteiger partial charge in [-0.25, -0.2) is 12.7 Å². The van der Waals surface area contributed by atoms with E-state index in [1.165, 1.54) is 10.6 Å². The average Bonchev–Trinajstić information content (AvgIpc) is 2.41. The van der Waals surface area contributed by atoms with E-state index < -0.39 is 21.4 Å². The van der Waals surface area contributed by atoms with E-state index in [9.17, 15) is 18.3 Å². The van der Waals surface area contributed by atoms with Gasteiger partial charge >= 0.3 is 5.97 Å². The molecule has 0 aromatic rings. The van der Waals surface area contributed by atoms with Crippen molar-refractivity contribution in [2.24, 2.45) is 17.3 Å². The largest absolute Gasteiger partial charge is 0.481 e. The molecule has 0 aromatic carbocycles. The summed E-state index contributed by atoms with van der Waals surface area (Å²) in [5.74, 6) is 0.0974. The Morgan fingerprint density at radius 1 is 1.29 bits per heavy atom. The molecule has 122 valence electrons. The lowest BCUT2D eigenvalue weighted by atomic mass is 9.66. The maximum Gasteiger partial charge on any atom is 0.309 e. The number of sulfonamides is 1. The summed E-state index contributed by atoms with van der Waals surface area (Å²) in [6, 6.07) is 0. The van der Waals surface area contributed by atoms with Crippen LogP contribution in [0.3, 0.4) is 0 Å². The molecule has 1 unspecified atom stereocenters. The van der Waals surface area contributed by atoms with Gasteiger partial charge in [-0.3, -0.25) is 4.79 Å². The minimum Gasteiger partial charge on any atom is -0.481 e. The second kappa shape index (κ2) is 6.24. The molecule has 2 aliphatic rings. The van der Waals surface area contributed by atoms with E-state index in [1.807, 2.05) is 0 Å². The maximum atomic E-state index is 11.8. The molecule has 6 heteroatoms. The van der Waals surface area contributed by atoms with E-state index in [4.69, 9.17) is 0 Å². The van der Waals surface area contributed by atoms with Crippen LogP contribution >= 0.6 is 0 Å². The summed E-state index contributed by atoms with van der Waals surface area (Å²) in [6.45, 7) is 3.24. The number of piperidine rings is 1. The Balaban J connectivity index is 2.05. The Morgan fingerprint density at radius 3 is 2.43 bits per heavy atom. The van der Waals surface area contributed by atoms with Gasteiger partial charge in [0.15, 0.2) is 0 Å². The van der Waals surface area contributed by atoms with Gasteiger partial charge in [0.2, 0.25) is 10.0 Å². The van der Waals surface area contributed by atoms with Crippen LogP contribution in [0.2, 0.25) is 0 Å². The predicted molar refractivity (Wildman–Crippen MR) is 81.5 cm³/mol. The van der Waals surface area contributed by atoms with E-state index in [0.717, 1.165) is 38.5 Å². The molecule has 1 heterocycles. The first kappa shape index (κ1) is 16.7. The van der Waals surface area contributed by atoms with E-state index in [0.29, 0.717) is 25.4 Å². The fraction of sp³-hybridized carbons (Fsp3) is 0.933. The second-order valence-electron chi connectivity index (χ2n) is 7.10. The molecule has 2 fully saturated rings. The smallest absolute Gasteiger partial charge is 0.309 e. The molecule has 1 saturated carbocycles. The minimum absolute atomic E-state index is 0.179. The van der Waals surface area contributed by atoms with E-state index in [2.05, 4.69) is 6.92 Å². The molecule has 1 N–H and O–H groups in total. The van der Waals surface area contributed by atoms with Gasteiger partial charge in [-0.2, -0.15) is 0 Å². The SMILES string of the molecule is CC1CCC(CC2CCCN(S(C)(=O)=O)C2)(C(=O)O)CC1. The van der Waals surface area contributed by atoms with Crippen LogP contribution in [0.1, 0.15) is 51.9 Å². The normalized spacial score (nSPS) is 35.5. The van der Waals surface area contributed by atoms with Crippen molar-refractivity contribution in [3.05, 3.63) is 0 Å². The summed E-state index contributed by atoms with van der Waals surface area (Å²) < 4.78 is 24.9. The van der Waals surface area contributed by atoms with Gasteiger partial charge in [-0.15, -0.1) is 0 Å². The highest BCUT2D eigenvalue weighted by atomic mass is 32.2. The minimum atomic E-state index is -3.16. The molecule has 0 bridgehead atoms. The number of nitrogens with zero attached hydrogens (tertiary/aromatic N) is 1. The van der Waals surface area contributed by atoms with Crippen LogP contribution in [0.25, 0.3) is 0 Å². The molecule has 1 saturated heterocycles. The predicted octanol–water partition coefficient (Wildman–Crippen LogP) is 2.33. The summed E-state index contributed by atoms with van der Waals surface area (Å²) in [7, 11) is -3.16. The fourth-order valence-corrected chi connectivity index (χ4v) is 4.81. The summed E-state index contributed by atoms with van der Waals surface area (Å²) >= 11 is 0. The van der Waals surface area contributed by atoms with Crippen LogP contribution in [0.5, 0.6) is 0 Å². The third kappa shape index (κ3) is 3.97. The van der Waals surface area contributed by atoms with Crippen molar-refractivity contribution >= 4 is 16.0 Å². The molecule has 1 aliphatic heterocycles.